The zero-order valence-corrected chi connectivity index (χ0v) is 19.5. The molecule has 0 spiro atoms. The SMILES string of the molecule is CC=CC(=O)OCCCCCCCCCCCCCCC[Si](C)(C)Br. The zero-order chi connectivity index (χ0) is 18.8. The quantitative estimate of drug-likeness (QED) is 0.0770. The highest BCUT2D eigenvalue weighted by Gasteiger charge is 2.14. The molecule has 0 heterocycles. The Labute approximate surface area is 165 Å². The molecular weight excluding hydrogens is 392 g/mol. The van der Waals surface area contributed by atoms with Gasteiger partial charge in [-0.25, -0.2) is 4.79 Å². The number of carbonyl (C=O) groups is 1. The fourth-order valence-corrected chi connectivity index (χ4v) is 4.88. The van der Waals surface area contributed by atoms with Crippen LogP contribution in [0.1, 0.15) is 90.4 Å². The Hall–Kier alpha value is -0.0931. The molecule has 0 radical (unpaired) electrons. The predicted octanol–water partition coefficient (Wildman–Crippen LogP) is 7.78. The van der Waals surface area contributed by atoms with Crippen molar-refractivity contribution < 1.29 is 9.53 Å². The van der Waals surface area contributed by atoms with Gasteiger partial charge in [0, 0.05) is 6.08 Å². The lowest BCUT2D eigenvalue weighted by atomic mass is 10.0. The molecule has 0 aromatic rings. The minimum Gasteiger partial charge on any atom is -0.463 e. The van der Waals surface area contributed by atoms with E-state index < -0.39 is 6.69 Å². The van der Waals surface area contributed by atoms with Gasteiger partial charge in [-0.05, 0) is 19.4 Å². The Morgan fingerprint density at radius 3 is 1.60 bits per heavy atom. The number of hydrogen-bond donors (Lipinski definition) is 0. The second kappa shape index (κ2) is 17.3. The fraction of sp³-hybridized carbons (Fsp3) is 0.857. The van der Waals surface area contributed by atoms with Crippen molar-refractivity contribution >= 4 is 28.0 Å². The van der Waals surface area contributed by atoms with E-state index in [0.717, 1.165) is 6.42 Å². The molecule has 0 rings (SSSR count). The number of hydrogen-bond acceptors (Lipinski definition) is 2. The monoisotopic (exact) mass is 432 g/mol. The molecule has 0 fully saturated rings. The maximum absolute atomic E-state index is 11.1. The van der Waals surface area contributed by atoms with Crippen LogP contribution < -0.4 is 0 Å². The maximum atomic E-state index is 11.1. The molecular formula is C21H41BrO2Si. The molecule has 0 atom stereocenters. The molecule has 0 amide bonds. The third-order valence-electron chi connectivity index (χ3n) is 4.46. The third kappa shape index (κ3) is 21.9. The summed E-state index contributed by atoms with van der Waals surface area (Å²) in [6, 6.07) is 1.42. The van der Waals surface area contributed by atoms with Gasteiger partial charge < -0.3 is 4.74 Å². The van der Waals surface area contributed by atoms with Gasteiger partial charge in [0.2, 0.25) is 0 Å². The molecule has 0 aliphatic heterocycles. The minimum absolute atomic E-state index is 0.212. The van der Waals surface area contributed by atoms with E-state index >= 15 is 0 Å². The lowest BCUT2D eigenvalue weighted by Crippen LogP contribution is -2.13. The van der Waals surface area contributed by atoms with E-state index in [1.165, 1.54) is 89.2 Å². The number of esters is 1. The van der Waals surface area contributed by atoms with Crippen LogP contribution in [-0.4, -0.2) is 19.3 Å². The van der Waals surface area contributed by atoms with Gasteiger partial charge in [0.05, 0.1) is 6.61 Å². The van der Waals surface area contributed by atoms with Crippen LogP contribution in [0.25, 0.3) is 0 Å². The first-order valence-corrected chi connectivity index (χ1v) is 15.9. The fourth-order valence-electron chi connectivity index (χ4n) is 2.95. The molecule has 0 aliphatic rings. The van der Waals surface area contributed by atoms with Crippen LogP contribution in [0.3, 0.4) is 0 Å². The molecule has 0 N–H and O–H groups in total. The zero-order valence-electron chi connectivity index (χ0n) is 17.0. The molecule has 0 aromatic heterocycles. The van der Waals surface area contributed by atoms with Crippen molar-refractivity contribution in [1.29, 1.82) is 0 Å². The van der Waals surface area contributed by atoms with Gasteiger partial charge in [0.1, 0.15) is 6.69 Å². The summed E-state index contributed by atoms with van der Waals surface area (Å²) in [5.41, 5.74) is 0. The number of rotatable bonds is 17. The van der Waals surface area contributed by atoms with Crippen molar-refractivity contribution in [2.45, 2.75) is 110 Å². The molecule has 4 heteroatoms. The van der Waals surface area contributed by atoms with E-state index in [1.807, 2.05) is 6.92 Å². The molecule has 0 saturated heterocycles. The molecule has 148 valence electrons. The Morgan fingerprint density at radius 2 is 1.20 bits per heavy atom. The van der Waals surface area contributed by atoms with Crippen LogP contribution in [0.5, 0.6) is 0 Å². The maximum Gasteiger partial charge on any atom is 0.330 e. The minimum atomic E-state index is -0.983. The molecule has 0 unspecified atom stereocenters. The van der Waals surface area contributed by atoms with Gasteiger partial charge in [0.15, 0.2) is 0 Å². The van der Waals surface area contributed by atoms with Crippen LogP contribution in [0.4, 0.5) is 0 Å². The Kier molecular flexibility index (Phi) is 17.3. The van der Waals surface area contributed by atoms with E-state index in [2.05, 4.69) is 28.4 Å². The van der Waals surface area contributed by atoms with Gasteiger partial charge in [-0.1, -0.05) is 96.2 Å². The van der Waals surface area contributed by atoms with Crippen molar-refractivity contribution in [3.05, 3.63) is 12.2 Å². The Bertz CT molecular complexity index is 337. The summed E-state index contributed by atoms with van der Waals surface area (Å²) in [7, 11) is 0. The summed E-state index contributed by atoms with van der Waals surface area (Å²) in [4.78, 5) is 11.1. The summed E-state index contributed by atoms with van der Waals surface area (Å²) in [6.07, 6.45) is 20.7. The van der Waals surface area contributed by atoms with Crippen LogP contribution in [0.15, 0.2) is 12.2 Å². The lowest BCUT2D eigenvalue weighted by Gasteiger charge is -2.12. The second-order valence-corrected chi connectivity index (χ2v) is 18.1. The lowest BCUT2D eigenvalue weighted by molar-refractivity contribution is -0.137. The van der Waals surface area contributed by atoms with E-state index in [0.29, 0.717) is 6.61 Å². The Morgan fingerprint density at radius 1 is 0.800 bits per heavy atom. The third-order valence-corrected chi connectivity index (χ3v) is 7.19. The molecule has 0 aliphatic carbocycles. The van der Waals surface area contributed by atoms with Crippen molar-refractivity contribution in [2.24, 2.45) is 0 Å². The van der Waals surface area contributed by atoms with E-state index in [4.69, 9.17) is 4.74 Å². The van der Waals surface area contributed by atoms with Crippen molar-refractivity contribution in [3.8, 4) is 0 Å². The number of unbranched alkanes of at least 4 members (excludes halogenated alkanes) is 12. The topological polar surface area (TPSA) is 26.3 Å². The molecule has 2 nitrogen and oxygen atoms in total. The average Bonchev–Trinajstić information content (AvgIpc) is 2.53. The number of ether oxygens (including phenoxy) is 1. The normalized spacial score (nSPS) is 12.0. The molecule has 0 aromatic carbocycles. The average molecular weight is 434 g/mol. The summed E-state index contributed by atoms with van der Waals surface area (Å²) in [5.74, 6) is -0.212. The van der Waals surface area contributed by atoms with E-state index in [-0.39, 0.29) is 5.97 Å². The summed E-state index contributed by atoms with van der Waals surface area (Å²) in [5, 5.41) is 0. The van der Waals surface area contributed by atoms with Crippen LogP contribution in [0, 0.1) is 0 Å². The summed E-state index contributed by atoms with van der Waals surface area (Å²) >= 11 is 3.85. The van der Waals surface area contributed by atoms with Gasteiger partial charge in [-0.3, -0.25) is 0 Å². The largest absolute Gasteiger partial charge is 0.463 e. The highest BCUT2D eigenvalue weighted by molar-refractivity contribution is 9.26. The summed E-state index contributed by atoms with van der Waals surface area (Å²) < 4.78 is 5.08. The first-order valence-electron chi connectivity index (χ1n) is 10.4. The van der Waals surface area contributed by atoms with Crippen molar-refractivity contribution in [3.63, 3.8) is 0 Å². The first kappa shape index (κ1) is 24.9. The van der Waals surface area contributed by atoms with E-state index in [9.17, 15) is 4.79 Å². The van der Waals surface area contributed by atoms with Crippen LogP contribution >= 0.6 is 15.3 Å². The van der Waals surface area contributed by atoms with Crippen molar-refractivity contribution in [2.75, 3.05) is 6.61 Å². The van der Waals surface area contributed by atoms with Crippen LogP contribution in [0.2, 0.25) is 19.1 Å². The second-order valence-electron chi connectivity index (χ2n) is 7.73. The highest BCUT2D eigenvalue weighted by Crippen LogP contribution is 2.21. The van der Waals surface area contributed by atoms with Crippen molar-refractivity contribution in [1.82, 2.24) is 0 Å². The van der Waals surface area contributed by atoms with Gasteiger partial charge in [-0.2, -0.15) is 0 Å². The van der Waals surface area contributed by atoms with Gasteiger partial charge >= 0.3 is 5.97 Å². The van der Waals surface area contributed by atoms with E-state index in [1.54, 1.807) is 6.08 Å². The molecule has 0 bridgehead atoms. The summed E-state index contributed by atoms with van der Waals surface area (Å²) in [6.45, 7) is 6.21. The standard InChI is InChI=1S/C21H41BrO2Si/c1-4-18-21(23)24-19-16-14-12-10-8-6-5-7-9-11-13-15-17-20-25(2,3)22/h4,18H,5-17,19-20H2,1-3H3. The van der Waals surface area contributed by atoms with Gasteiger partial charge in [0.25, 0.3) is 0 Å². The number of allylic oxidation sites excluding steroid dienone is 1. The molecule has 0 saturated carbocycles. The smallest absolute Gasteiger partial charge is 0.330 e. The first-order chi connectivity index (χ1) is 12.0. The number of halogens is 1. The molecule has 25 heavy (non-hydrogen) atoms. The van der Waals surface area contributed by atoms with Crippen LogP contribution in [-0.2, 0) is 9.53 Å². The predicted molar refractivity (Wildman–Crippen MR) is 117 cm³/mol. The Balaban J connectivity index is 3.11. The number of carbonyl (C=O) groups excluding carboxylic acids is 1. The van der Waals surface area contributed by atoms with Gasteiger partial charge in [-0.15, -0.1) is 15.3 Å². The highest BCUT2D eigenvalue weighted by atomic mass is 79.9.